The lowest BCUT2D eigenvalue weighted by Gasteiger charge is -2.06. The summed E-state index contributed by atoms with van der Waals surface area (Å²) in [6.45, 7) is 6.33. The number of ether oxygens (including phenoxy) is 3. The van der Waals surface area contributed by atoms with Crippen LogP contribution in [-0.2, 0) is 14.2 Å². The molecule has 0 aliphatic carbocycles. The molecule has 0 unspecified atom stereocenters. The first-order valence-electron chi connectivity index (χ1n) is 10.7. The van der Waals surface area contributed by atoms with Gasteiger partial charge in [-0.3, -0.25) is 0 Å². The Hall–Kier alpha value is 0.170. The van der Waals surface area contributed by atoms with Crippen LogP contribution in [0.4, 0.5) is 0 Å². The summed E-state index contributed by atoms with van der Waals surface area (Å²) in [6, 6.07) is 0. The molecule has 0 rings (SSSR count). The average Bonchev–Trinajstić information content (AvgIpc) is 2.63. The summed E-state index contributed by atoms with van der Waals surface area (Å²) in [5, 5.41) is 0. The van der Waals surface area contributed by atoms with Gasteiger partial charge in [0.2, 0.25) is 0 Å². The predicted octanol–water partition coefficient (Wildman–Crippen LogP) is 6.37. The van der Waals surface area contributed by atoms with Crippen molar-refractivity contribution in [1.82, 2.24) is 0 Å². The third-order valence-corrected chi connectivity index (χ3v) is 4.51. The van der Waals surface area contributed by atoms with Crippen LogP contribution in [0.2, 0.25) is 0 Å². The van der Waals surface area contributed by atoms with Crippen LogP contribution in [0.3, 0.4) is 0 Å². The van der Waals surface area contributed by atoms with E-state index in [-0.39, 0.29) is 0 Å². The van der Waals surface area contributed by atoms with Crippen LogP contribution in [0, 0.1) is 0 Å². The summed E-state index contributed by atoms with van der Waals surface area (Å²) in [6.07, 6.45) is 18.0. The summed E-state index contributed by atoms with van der Waals surface area (Å²) in [7, 11) is 0. The number of hydrogen-bond acceptors (Lipinski definition) is 3. The molecule has 0 spiro atoms. The maximum Gasteiger partial charge on any atom is 0.0701 e. The zero-order valence-corrected chi connectivity index (χ0v) is 17.5. The van der Waals surface area contributed by atoms with Crippen LogP contribution in [0.15, 0.2) is 0 Å². The molecule has 0 saturated carbocycles. The molecule has 0 saturated heterocycles. The molecule has 0 radical (unpaired) electrons. The molecular weight excluding hydrogens is 336 g/mol. The normalized spacial score (nSPS) is 11.3. The van der Waals surface area contributed by atoms with Crippen molar-refractivity contribution in [3.8, 4) is 0 Å². The van der Waals surface area contributed by atoms with E-state index in [0.29, 0.717) is 38.9 Å². The first-order valence-corrected chi connectivity index (χ1v) is 11.2. The van der Waals surface area contributed by atoms with Crippen molar-refractivity contribution < 1.29 is 14.2 Å². The maximum atomic E-state index is 5.57. The highest BCUT2D eigenvalue weighted by atomic mass is 35.5. The van der Waals surface area contributed by atoms with Gasteiger partial charge in [-0.25, -0.2) is 0 Å². The van der Waals surface area contributed by atoms with E-state index in [9.17, 15) is 0 Å². The van der Waals surface area contributed by atoms with Crippen molar-refractivity contribution in [1.29, 1.82) is 0 Å². The zero-order chi connectivity index (χ0) is 18.3. The van der Waals surface area contributed by atoms with Gasteiger partial charge in [-0.2, -0.15) is 0 Å². The van der Waals surface area contributed by atoms with Gasteiger partial charge >= 0.3 is 0 Å². The summed E-state index contributed by atoms with van der Waals surface area (Å²) in [5.41, 5.74) is 0. The molecule has 4 heteroatoms. The third-order valence-electron chi connectivity index (χ3n) is 4.36. The first kappa shape index (κ1) is 25.2. The van der Waals surface area contributed by atoms with E-state index in [0.717, 1.165) is 6.61 Å². The molecule has 152 valence electrons. The van der Waals surface area contributed by atoms with Crippen LogP contribution < -0.4 is 0 Å². The van der Waals surface area contributed by atoms with E-state index < -0.39 is 0 Å². The van der Waals surface area contributed by atoms with E-state index in [1.54, 1.807) is 0 Å². The Balaban J connectivity index is 2.94. The minimum absolute atomic E-state index is 0.544. The lowest BCUT2D eigenvalue weighted by Crippen LogP contribution is -2.10. The Morgan fingerprint density at radius 2 is 0.800 bits per heavy atom. The average molecular weight is 379 g/mol. The standard InChI is InChI=1S/C21H43ClO3/c1-2-3-4-5-6-7-8-9-10-11-12-13-14-16-23-18-20-25-21-19-24-17-15-22/h2-21H2,1H3. The molecule has 0 aliphatic rings. The molecule has 0 fully saturated rings. The zero-order valence-electron chi connectivity index (χ0n) is 16.7. The number of hydrogen-bond donors (Lipinski definition) is 0. The van der Waals surface area contributed by atoms with Crippen molar-refractivity contribution in [3.05, 3.63) is 0 Å². The van der Waals surface area contributed by atoms with E-state index in [2.05, 4.69) is 6.92 Å². The molecular formula is C21H43ClO3. The highest BCUT2D eigenvalue weighted by Gasteiger charge is 1.95. The van der Waals surface area contributed by atoms with Crippen LogP contribution in [0.5, 0.6) is 0 Å². The van der Waals surface area contributed by atoms with Gasteiger partial charge in [0.25, 0.3) is 0 Å². The van der Waals surface area contributed by atoms with Crippen molar-refractivity contribution in [2.24, 2.45) is 0 Å². The van der Waals surface area contributed by atoms with Gasteiger partial charge in [0.15, 0.2) is 0 Å². The van der Waals surface area contributed by atoms with Gasteiger partial charge in [-0.1, -0.05) is 84.0 Å². The highest BCUT2D eigenvalue weighted by Crippen LogP contribution is 2.12. The second kappa shape index (κ2) is 24.2. The fourth-order valence-electron chi connectivity index (χ4n) is 2.82. The lowest BCUT2D eigenvalue weighted by molar-refractivity contribution is 0.0165. The largest absolute Gasteiger partial charge is 0.379 e. The van der Waals surface area contributed by atoms with Gasteiger partial charge in [0, 0.05) is 12.5 Å². The molecule has 0 aliphatic heterocycles. The number of unbranched alkanes of at least 4 members (excludes halogenated alkanes) is 12. The maximum absolute atomic E-state index is 5.57. The number of alkyl halides is 1. The molecule has 0 heterocycles. The molecule has 0 N–H and O–H groups in total. The van der Waals surface area contributed by atoms with Crippen LogP contribution in [-0.4, -0.2) is 45.5 Å². The SMILES string of the molecule is CCCCCCCCCCCCCCCOCCOCCOCCCl. The smallest absolute Gasteiger partial charge is 0.0701 e. The monoisotopic (exact) mass is 378 g/mol. The van der Waals surface area contributed by atoms with E-state index in [1.807, 2.05) is 0 Å². The fraction of sp³-hybridized carbons (Fsp3) is 1.00. The molecule has 0 aromatic rings. The van der Waals surface area contributed by atoms with Crippen molar-refractivity contribution in [2.45, 2.75) is 90.4 Å². The van der Waals surface area contributed by atoms with E-state index in [4.69, 9.17) is 25.8 Å². The van der Waals surface area contributed by atoms with Crippen LogP contribution >= 0.6 is 11.6 Å². The van der Waals surface area contributed by atoms with Gasteiger partial charge in [0.1, 0.15) is 0 Å². The van der Waals surface area contributed by atoms with Gasteiger partial charge in [0.05, 0.1) is 33.0 Å². The molecule has 3 nitrogen and oxygen atoms in total. The van der Waals surface area contributed by atoms with Crippen molar-refractivity contribution in [2.75, 3.05) is 45.5 Å². The van der Waals surface area contributed by atoms with Gasteiger partial charge in [-0.05, 0) is 6.42 Å². The quantitative estimate of drug-likeness (QED) is 0.162. The molecule has 25 heavy (non-hydrogen) atoms. The summed E-state index contributed by atoms with van der Waals surface area (Å²) in [4.78, 5) is 0. The van der Waals surface area contributed by atoms with Gasteiger partial charge < -0.3 is 14.2 Å². The Labute approximate surface area is 162 Å². The van der Waals surface area contributed by atoms with Crippen LogP contribution in [0.1, 0.15) is 90.4 Å². The predicted molar refractivity (Wildman–Crippen MR) is 109 cm³/mol. The van der Waals surface area contributed by atoms with Crippen molar-refractivity contribution in [3.63, 3.8) is 0 Å². The second-order valence-electron chi connectivity index (χ2n) is 6.77. The van der Waals surface area contributed by atoms with E-state index >= 15 is 0 Å². The Kier molecular flexibility index (Phi) is 24.3. The Bertz CT molecular complexity index is 205. The van der Waals surface area contributed by atoms with Crippen molar-refractivity contribution >= 4 is 11.6 Å². The van der Waals surface area contributed by atoms with Crippen LogP contribution in [0.25, 0.3) is 0 Å². The Morgan fingerprint density at radius 1 is 0.440 bits per heavy atom. The second-order valence-corrected chi connectivity index (χ2v) is 7.15. The molecule has 0 amide bonds. The van der Waals surface area contributed by atoms with Gasteiger partial charge in [-0.15, -0.1) is 11.6 Å². The summed E-state index contributed by atoms with van der Waals surface area (Å²) < 4.78 is 16.2. The number of halogens is 1. The summed E-state index contributed by atoms with van der Waals surface area (Å²) >= 11 is 5.51. The molecule has 0 bridgehead atoms. The minimum Gasteiger partial charge on any atom is -0.379 e. The molecule has 0 atom stereocenters. The topological polar surface area (TPSA) is 27.7 Å². The lowest BCUT2D eigenvalue weighted by atomic mass is 10.0. The third kappa shape index (κ3) is 24.2. The fourth-order valence-corrected chi connectivity index (χ4v) is 2.93. The molecule has 0 aromatic heterocycles. The Morgan fingerprint density at radius 3 is 1.24 bits per heavy atom. The molecule has 0 aromatic carbocycles. The minimum atomic E-state index is 0.544. The highest BCUT2D eigenvalue weighted by molar-refractivity contribution is 6.17. The summed E-state index contributed by atoms with van der Waals surface area (Å²) in [5.74, 6) is 0.544. The number of rotatable bonds is 22. The van der Waals surface area contributed by atoms with E-state index in [1.165, 1.54) is 83.5 Å². The first-order chi connectivity index (χ1) is 12.4.